The first-order chi connectivity index (χ1) is 17.7. The summed E-state index contributed by atoms with van der Waals surface area (Å²) in [4.78, 5) is 12.9. The minimum absolute atomic E-state index is 0.00649. The van der Waals surface area contributed by atoms with Crippen LogP contribution in [0.2, 0.25) is 5.02 Å². The zero-order valence-corrected chi connectivity index (χ0v) is 21.8. The average Bonchev–Trinajstić information content (AvgIpc) is 3.18. The van der Waals surface area contributed by atoms with Crippen molar-refractivity contribution >= 4 is 17.5 Å². The zero-order chi connectivity index (χ0) is 28.3. The number of rotatable bonds is 10. The molecule has 1 aromatic heterocycles. The van der Waals surface area contributed by atoms with Crippen LogP contribution in [0.3, 0.4) is 0 Å². The van der Waals surface area contributed by atoms with Gasteiger partial charge in [0, 0.05) is 25.1 Å². The van der Waals surface area contributed by atoms with Crippen molar-refractivity contribution in [3.05, 3.63) is 34.5 Å². The monoisotopic (exact) mass is 567 g/mol. The number of aliphatic hydroxyl groups excluding tert-OH is 1. The molecule has 0 spiro atoms. The second-order valence-electron chi connectivity index (χ2n) is 9.72. The SMILES string of the molecule is CCn1nc(C(=O)NCC2(O)CCC(C)CC2)c(Cl)c1-c1ccc(C(O)CCC(F)(F)F)cc1OC(F)F. The molecule has 0 aliphatic heterocycles. The normalized spacial score (nSPS) is 21.0. The first kappa shape index (κ1) is 30.1. The summed E-state index contributed by atoms with van der Waals surface area (Å²) in [5, 5.41) is 27.7. The van der Waals surface area contributed by atoms with Crippen LogP contribution in [0.15, 0.2) is 18.2 Å². The maximum atomic E-state index is 13.2. The molecular formula is C25H31ClF5N3O4. The third-order valence-corrected chi connectivity index (χ3v) is 7.11. The van der Waals surface area contributed by atoms with Gasteiger partial charge in [0.1, 0.15) is 5.75 Å². The number of carbonyl (C=O) groups is 1. The molecule has 0 bridgehead atoms. The van der Waals surface area contributed by atoms with Crippen LogP contribution in [0.1, 0.15) is 74.5 Å². The van der Waals surface area contributed by atoms with E-state index in [1.165, 1.54) is 16.8 Å². The standard InChI is InChI=1S/C25H31ClF5N3O4/c1-3-34-21(19(26)20(33-34)22(36)32-13-24(37)9-6-14(2)7-10-24)16-5-4-15(12-18(16)38-23(27)28)17(35)8-11-25(29,30)31/h4-5,12,14,17,23,35,37H,3,6-11,13H2,1-2H3,(H,32,36). The van der Waals surface area contributed by atoms with E-state index in [0.717, 1.165) is 18.9 Å². The van der Waals surface area contributed by atoms with Crippen LogP contribution >= 0.6 is 11.6 Å². The molecule has 3 N–H and O–H groups in total. The molecular weight excluding hydrogens is 537 g/mol. The molecule has 1 saturated carbocycles. The van der Waals surface area contributed by atoms with Crippen molar-refractivity contribution in [1.29, 1.82) is 0 Å². The van der Waals surface area contributed by atoms with Gasteiger partial charge in [-0.2, -0.15) is 27.1 Å². The van der Waals surface area contributed by atoms with Crippen LogP contribution in [0.25, 0.3) is 11.3 Å². The van der Waals surface area contributed by atoms with Crippen LogP contribution < -0.4 is 10.1 Å². The molecule has 1 fully saturated rings. The largest absolute Gasteiger partial charge is 0.434 e. The van der Waals surface area contributed by atoms with Crippen LogP contribution in [0, 0.1) is 5.92 Å². The maximum absolute atomic E-state index is 13.2. The van der Waals surface area contributed by atoms with Gasteiger partial charge in [0.05, 0.1) is 22.4 Å². The second kappa shape index (κ2) is 12.2. The predicted octanol–water partition coefficient (Wildman–Crippen LogP) is 5.87. The highest BCUT2D eigenvalue weighted by Gasteiger charge is 2.33. The number of carbonyl (C=O) groups excluding carboxylic acids is 1. The molecule has 13 heteroatoms. The fourth-order valence-corrected chi connectivity index (χ4v) is 4.80. The molecule has 212 valence electrons. The summed E-state index contributed by atoms with van der Waals surface area (Å²) in [5.74, 6) is -0.617. The van der Waals surface area contributed by atoms with Gasteiger partial charge < -0.3 is 20.3 Å². The predicted molar refractivity (Wildman–Crippen MR) is 130 cm³/mol. The lowest BCUT2D eigenvalue weighted by Crippen LogP contribution is -2.45. The number of hydrogen-bond acceptors (Lipinski definition) is 5. The second-order valence-corrected chi connectivity index (χ2v) is 10.1. The highest BCUT2D eigenvalue weighted by atomic mass is 35.5. The highest BCUT2D eigenvalue weighted by molar-refractivity contribution is 6.36. The summed E-state index contributed by atoms with van der Waals surface area (Å²) in [6, 6.07) is 3.56. The van der Waals surface area contributed by atoms with Crippen molar-refractivity contribution in [3.8, 4) is 17.0 Å². The molecule has 1 aliphatic carbocycles. The van der Waals surface area contributed by atoms with Gasteiger partial charge in [-0.1, -0.05) is 24.6 Å². The quantitative estimate of drug-likeness (QED) is 0.312. The summed E-state index contributed by atoms with van der Waals surface area (Å²) >= 11 is 6.50. The number of benzene rings is 1. The molecule has 1 heterocycles. The number of aliphatic hydroxyl groups is 2. The van der Waals surface area contributed by atoms with Crippen LogP contribution in [0.4, 0.5) is 22.0 Å². The van der Waals surface area contributed by atoms with E-state index >= 15 is 0 Å². The highest BCUT2D eigenvalue weighted by Crippen LogP contribution is 2.40. The molecule has 1 aromatic carbocycles. The van der Waals surface area contributed by atoms with E-state index in [0.29, 0.717) is 18.8 Å². The number of nitrogens with one attached hydrogen (secondary N) is 1. The Hall–Kier alpha value is -2.44. The molecule has 2 aromatic rings. The summed E-state index contributed by atoms with van der Waals surface area (Å²) in [7, 11) is 0. The van der Waals surface area contributed by atoms with Crippen LogP contribution in [-0.2, 0) is 6.54 Å². The van der Waals surface area contributed by atoms with E-state index in [9.17, 15) is 37.0 Å². The van der Waals surface area contributed by atoms with Crippen LogP contribution in [0.5, 0.6) is 5.75 Å². The Kier molecular flexibility index (Phi) is 9.64. The number of hydrogen-bond donors (Lipinski definition) is 3. The van der Waals surface area contributed by atoms with E-state index in [1.807, 2.05) is 0 Å². The molecule has 0 saturated heterocycles. The van der Waals surface area contributed by atoms with E-state index in [4.69, 9.17) is 11.6 Å². The van der Waals surface area contributed by atoms with Crippen molar-refractivity contribution < 1.29 is 41.7 Å². The van der Waals surface area contributed by atoms with Crippen molar-refractivity contribution in [2.24, 2.45) is 5.92 Å². The third-order valence-electron chi connectivity index (χ3n) is 6.76. The van der Waals surface area contributed by atoms with Gasteiger partial charge in [-0.3, -0.25) is 9.48 Å². The smallest absolute Gasteiger partial charge is 0.389 e. The zero-order valence-electron chi connectivity index (χ0n) is 21.0. The van der Waals surface area contributed by atoms with E-state index in [2.05, 4.69) is 22.1 Å². The van der Waals surface area contributed by atoms with Crippen LogP contribution in [-0.4, -0.2) is 50.8 Å². The van der Waals surface area contributed by atoms with E-state index in [1.54, 1.807) is 6.92 Å². The maximum Gasteiger partial charge on any atom is 0.389 e. The van der Waals surface area contributed by atoms with Gasteiger partial charge >= 0.3 is 12.8 Å². The van der Waals surface area contributed by atoms with Gasteiger partial charge in [-0.15, -0.1) is 0 Å². The third kappa shape index (κ3) is 7.57. The Morgan fingerprint density at radius 1 is 1.32 bits per heavy atom. The van der Waals surface area contributed by atoms with Gasteiger partial charge in [-0.05, 0) is 62.6 Å². The molecule has 1 aliphatic rings. The number of amides is 1. The molecule has 1 unspecified atom stereocenters. The molecule has 7 nitrogen and oxygen atoms in total. The van der Waals surface area contributed by atoms with E-state index < -0.39 is 49.0 Å². The summed E-state index contributed by atoms with van der Waals surface area (Å²) in [6.45, 7) is 0.679. The number of nitrogens with zero attached hydrogens (tertiary/aromatic N) is 2. The molecule has 38 heavy (non-hydrogen) atoms. The first-order valence-electron chi connectivity index (χ1n) is 12.3. The van der Waals surface area contributed by atoms with Crippen molar-refractivity contribution in [2.45, 2.75) is 83.4 Å². The summed E-state index contributed by atoms with van der Waals surface area (Å²) in [6.07, 6.45) is -5.27. The Morgan fingerprint density at radius 2 is 1.97 bits per heavy atom. The number of alkyl halides is 5. The first-order valence-corrected chi connectivity index (χ1v) is 12.7. The minimum Gasteiger partial charge on any atom is -0.434 e. The fraction of sp³-hybridized carbons (Fsp3) is 0.600. The van der Waals surface area contributed by atoms with E-state index in [-0.39, 0.29) is 40.6 Å². The lowest BCUT2D eigenvalue weighted by molar-refractivity contribution is -0.140. The lowest BCUT2D eigenvalue weighted by Gasteiger charge is -2.34. The van der Waals surface area contributed by atoms with Gasteiger partial charge in [0.25, 0.3) is 5.91 Å². The topological polar surface area (TPSA) is 96.6 Å². The van der Waals surface area contributed by atoms with Gasteiger partial charge in [0.2, 0.25) is 0 Å². The average molecular weight is 568 g/mol. The number of ether oxygens (including phenoxy) is 1. The lowest BCUT2D eigenvalue weighted by atomic mass is 9.79. The Bertz CT molecular complexity index is 1120. The minimum atomic E-state index is -4.49. The molecule has 3 rings (SSSR count). The Morgan fingerprint density at radius 3 is 2.55 bits per heavy atom. The molecule has 1 atom stereocenters. The Labute approximate surface area is 221 Å². The number of aryl methyl sites for hydroxylation is 1. The fourth-order valence-electron chi connectivity index (χ4n) is 4.48. The van der Waals surface area contributed by atoms with Crippen molar-refractivity contribution in [2.75, 3.05) is 6.54 Å². The number of aromatic nitrogens is 2. The van der Waals surface area contributed by atoms with Gasteiger partial charge in [-0.25, -0.2) is 0 Å². The van der Waals surface area contributed by atoms with Crippen molar-refractivity contribution in [3.63, 3.8) is 0 Å². The van der Waals surface area contributed by atoms with Gasteiger partial charge in [0.15, 0.2) is 5.69 Å². The summed E-state index contributed by atoms with van der Waals surface area (Å²) in [5.41, 5.74) is -1.20. The molecule has 1 amide bonds. The number of halogens is 6. The Balaban J connectivity index is 1.89. The molecule has 0 radical (unpaired) electrons. The summed E-state index contributed by atoms with van der Waals surface area (Å²) < 4.78 is 70.0. The van der Waals surface area contributed by atoms with Crippen molar-refractivity contribution in [1.82, 2.24) is 15.1 Å².